The zero-order valence-corrected chi connectivity index (χ0v) is 15.4. The van der Waals surface area contributed by atoms with E-state index in [9.17, 15) is 9.59 Å². The lowest BCUT2D eigenvalue weighted by molar-refractivity contribution is -0.125. The molecule has 1 aromatic heterocycles. The molecule has 0 bridgehead atoms. The Balaban J connectivity index is 1.61. The third-order valence-corrected chi connectivity index (χ3v) is 5.43. The van der Waals surface area contributed by atoms with Gasteiger partial charge in [0.15, 0.2) is 0 Å². The van der Waals surface area contributed by atoms with Crippen LogP contribution in [0.4, 0.5) is 0 Å². The lowest BCUT2D eigenvalue weighted by Crippen LogP contribution is -2.30. The monoisotopic (exact) mass is 361 g/mol. The fourth-order valence-corrected chi connectivity index (χ4v) is 3.98. The number of nitrogens with two attached hydrogens (primary N) is 1. The summed E-state index contributed by atoms with van der Waals surface area (Å²) in [6.07, 6.45) is 4.08. The number of nitrogens with zero attached hydrogens (tertiary/aromatic N) is 2. The molecule has 3 aromatic rings. The van der Waals surface area contributed by atoms with Gasteiger partial charge >= 0.3 is 0 Å². The minimum atomic E-state index is -0.327. The molecule has 2 amide bonds. The molecule has 1 aliphatic rings. The number of likely N-dealkylation sites (tertiary alicyclic amines) is 1. The maximum absolute atomic E-state index is 12.4. The maximum atomic E-state index is 12.4. The van der Waals surface area contributed by atoms with Crippen molar-refractivity contribution in [3.05, 3.63) is 54.1 Å². The molecule has 2 N–H and O–H groups in total. The number of benzene rings is 2. The largest absolute Gasteiger partial charge is 0.369 e. The molecule has 0 saturated carbocycles. The van der Waals surface area contributed by atoms with Crippen molar-refractivity contribution in [3.63, 3.8) is 0 Å². The fraction of sp³-hybridized carbons (Fsp3) is 0.273. The van der Waals surface area contributed by atoms with E-state index in [1.807, 2.05) is 12.1 Å². The number of carbonyl (C=O) groups is 2. The van der Waals surface area contributed by atoms with Gasteiger partial charge in [-0.3, -0.25) is 9.59 Å². The van der Waals surface area contributed by atoms with Crippen LogP contribution in [-0.4, -0.2) is 34.4 Å². The minimum absolute atomic E-state index is 0.0742. The molecule has 0 spiro atoms. The molecule has 2 aromatic carbocycles. The van der Waals surface area contributed by atoms with Gasteiger partial charge in [-0.15, -0.1) is 0 Å². The highest BCUT2D eigenvalue weighted by Gasteiger charge is 2.28. The minimum Gasteiger partial charge on any atom is -0.369 e. The number of hydrogen-bond acceptors (Lipinski definition) is 2. The van der Waals surface area contributed by atoms with Gasteiger partial charge < -0.3 is 15.2 Å². The van der Waals surface area contributed by atoms with Crippen molar-refractivity contribution in [2.24, 2.45) is 11.7 Å². The molecule has 1 fully saturated rings. The van der Waals surface area contributed by atoms with E-state index in [1.165, 1.54) is 21.8 Å². The lowest BCUT2D eigenvalue weighted by atomic mass is 10.1. The third kappa shape index (κ3) is 3.10. The average Bonchev–Trinajstić information content (AvgIpc) is 3.29. The van der Waals surface area contributed by atoms with Gasteiger partial charge in [0.2, 0.25) is 11.8 Å². The first-order valence-electron chi connectivity index (χ1n) is 9.35. The summed E-state index contributed by atoms with van der Waals surface area (Å²) in [5, 5.41) is 2.41. The number of rotatable bonds is 4. The summed E-state index contributed by atoms with van der Waals surface area (Å²) in [6, 6.07) is 14.7. The highest BCUT2D eigenvalue weighted by Crippen LogP contribution is 2.30. The van der Waals surface area contributed by atoms with E-state index < -0.39 is 0 Å². The molecule has 2 heterocycles. The SMILES string of the molecule is CCn1c2ccccc2c2cc(C=CC(=O)N3CCC(C(N)=O)C3)ccc21. The Morgan fingerprint density at radius 1 is 1.15 bits per heavy atom. The van der Waals surface area contributed by atoms with Gasteiger partial charge in [-0.25, -0.2) is 0 Å². The Kier molecular flexibility index (Phi) is 4.44. The number of fused-ring (bicyclic) bond motifs is 3. The Bertz CT molecular complexity index is 1060. The Labute approximate surface area is 158 Å². The summed E-state index contributed by atoms with van der Waals surface area (Å²) < 4.78 is 2.30. The van der Waals surface area contributed by atoms with Crippen molar-refractivity contribution in [2.75, 3.05) is 13.1 Å². The molecule has 1 aliphatic heterocycles. The van der Waals surface area contributed by atoms with E-state index in [-0.39, 0.29) is 17.7 Å². The van der Waals surface area contributed by atoms with Crippen LogP contribution in [0.25, 0.3) is 27.9 Å². The van der Waals surface area contributed by atoms with Gasteiger partial charge in [-0.05, 0) is 43.2 Å². The van der Waals surface area contributed by atoms with E-state index >= 15 is 0 Å². The zero-order valence-electron chi connectivity index (χ0n) is 15.4. The summed E-state index contributed by atoms with van der Waals surface area (Å²) >= 11 is 0. The smallest absolute Gasteiger partial charge is 0.246 e. The van der Waals surface area contributed by atoms with Crippen molar-refractivity contribution in [1.29, 1.82) is 0 Å². The highest BCUT2D eigenvalue weighted by atomic mass is 16.2. The van der Waals surface area contributed by atoms with Crippen LogP contribution < -0.4 is 5.73 Å². The van der Waals surface area contributed by atoms with Crippen LogP contribution >= 0.6 is 0 Å². The van der Waals surface area contributed by atoms with Crippen molar-refractivity contribution < 1.29 is 9.59 Å². The molecule has 1 atom stereocenters. The van der Waals surface area contributed by atoms with E-state index in [1.54, 1.807) is 11.0 Å². The van der Waals surface area contributed by atoms with E-state index in [0.717, 1.165) is 12.1 Å². The normalized spacial score (nSPS) is 17.4. The molecular weight excluding hydrogens is 338 g/mol. The summed E-state index contributed by atoms with van der Waals surface area (Å²) in [5.41, 5.74) is 8.75. The molecular formula is C22H23N3O2. The molecule has 5 heteroatoms. The van der Waals surface area contributed by atoms with Gasteiger partial charge in [0.25, 0.3) is 0 Å². The van der Waals surface area contributed by atoms with E-state index in [2.05, 4.69) is 47.9 Å². The Morgan fingerprint density at radius 3 is 2.67 bits per heavy atom. The number of amides is 2. The van der Waals surface area contributed by atoms with Crippen LogP contribution in [-0.2, 0) is 16.1 Å². The second-order valence-electron chi connectivity index (χ2n) is 7.04. The second kappa shape index (κ2) is 6.91. The van der Waals surface area contributed by atoms with E-state index in [4.69, 9.17) is 5.73 Å². The molecule has 0 aliphatic carbocycles. The molecule has 27 heavy (non-hydrogen) atoms. The van der Waals surface area contributed by atoms with Gasteiger partial charge in [0.05, 0.1) is 5.92 Å². The third-order valence-electron chi connectivity index (χ3n) is 5.43. The topological polar surface area (TPSA) is 68.3 Å². The molecule has 1 unspecified atom stereocenters. The highest BCUT2D eigenvalue weighted by molar-refractivity contribution is 6.08. The van der Waals surface area contributed by atoms with E-state index in [0.29, 0.717) is 19.5 Å². The van der Waals surface area contributed by atoms with Gasteiger partial charge in [-0.2, -0.15) is 0 Å². The van der Waals surface area contributed by atoms with Gasteiger partial charge in [0, 0.05) is 47.5 Å². The fourth-order valence-electron chi connectivity index (χ4n) is 3.98. The first-order valence-corrected chi connectivity index (χ1v) is 9.35. The van der Waals surface area contributed by atoms with Crippen molar-refractivity contribution >= 4 is 39.7 Å². The standard InChI is InChI=1S/C22H23N3O2/c1-2-25-19-6-4-3-5-17(19)18-13-15(7-9-20(18)25)8-10-21(26)24-12-11-16(14-24)22(23)27/h3-10,13,16H,2,11-12,14H2,1H3,(H2,23,27). The van der Waals surface area contributed by atoms with Crippen LogP contribution in [0.1, 0.15) is 18.9 Å². The van der Waals surface area contributed by atoms with Crippen LogP contribution in [0.3, 0.4) is 0 Å². The summed E-state index contributed by atoms with van der Waals surface area (Å²) in [5.74, 6) is -0.624. The number of primary amides is 1. The zero-order chi connectivity index (χ0) is 19.0. The van der Waals surface area contributed by atoms with Gasteiger partial charge in [0.1, 0.15) is 0 Å². The first kappa shape index (κ1) is 17.3. The molecule has 138 valence electrons. The van der Waals surface area contributed by atoms with Crippen molar-refractivity contribution in [3.8, 4) is 0 Å². The number of aryl methyl sites for hydroxylation is 1. The summed E-state index contributed by atoms with van der Waals surface area (Å²) in [6.45, 7) is 4.06. The average molecular weight is 361 g/mol. The molecule has 5 nitrogen and oxygen atoms in total. The van der Waals surface area contributed by atoms with Crippen LogP contribution in [0.15, 0.2) is 48.5 Å². The maximum Gasteiger partial charge on any atom is 0.246 e. The molecule has 4 rings (SSSR count). The Morgan fingerprint density at radius 2 is 1.93 bits per heavy atom. The van der Waals surface area contributed by atoms with Crippen LogP contribution in [0.2, 0.25) is 0 Å². The quantitative estimate of drug-likeness (QED) is 0.725. The number of para-hydroxylation sites is 1. The van der Waals surface area contributed by atoms with Crippen molar-refractivity contribution in [2.45, 2.75) is 19.9 Å². The second-order valence-corrected chi connectivity index (χ2v) is 7.04. The number of hydrogen-bond donors (Lipinski definition) is 1. The predicted molar refractivity (Wildman–Crippen MR) is 108 cm³/mol. The molecule has 1 saturated heterocycles. The van der Waals surface area contributed by atoms with Crippen LogP contribution in [0, 0.1) is 5.92 Å². The lowest BCUT2D eigenvalue weighted by Gasteiger charge is -2.13. The summed E-state index contributed by atoms with van der Waals surface area (Å²) in [7, 11) is 0. The molecule has 0 radical (unpaired) electrons. The van der Waals surface area contributed by atoms with Crippen LogP contribution in [0.5, 0.6) is 0 Å². The van der Waals surface area contributed by atoms with Gasteiger partial charge in [-0.1, -0.05) is 24.3 Å². The Hall–Kier alpha value is -3.08. The number of aromatic nitrogens is 1. The first-order chi connectivity index (χ1) is 13.1. The number of carbonyl (C=O) groups excluding carboxylic acids is 2. The summed E-state index contributed by atoms with van der Waals surface area (Å²) in [4.78, 5) is 25.4. The van der Waals surface area contributed by atoms with Crippen molar-refractivity contribution in [1.82, 2.24) is 9.47 Å². The predicted octanol–water partition coefficient (Wildman–Crippen LogP) is 3.16.